The number of thiophene rings is 3. The molecule has 0 aliphatic carbocycles. The molecular formula is C18H19BrS3. The van der Waals surface area contributed by atoms with Crippen LogP contribution in [0.1, 0.15) is 50.7 Å². The molecule has 22 heavy (non-hydrogen) atoms. The summed E-state index contributed by atoms with van der Waals surface area (Å²) in [6, 6.07) is 6.94. The van der Waals surface area contributed by atoms with Crippen LogP contribution in [0.2, 0.25) is 0 Å². The smallest absolute Gasteiger partial charge is 0.0591 e. The van der Waals surface area contributed by atoms with Crippen LogP contribution < -0.4 is 0 Å². The molecule has 0 spiro atoms. The molecule has 0 aliphatic rings. The third-order valence-electron chi connectivity index (χ3n) is 3.73. The maximum absolute atomic E-state index is 3.75. The topological polar surface area (TPSA) is 0 Å². The molecule has 3 aromatic heterocycles. The van der Waals surface area contributed by atoms with Crippen LogP contribution >= 0.6 is 49.9 Å². The summed E-state index contributed by atoms with van der Waals surface area (Å²) in [7, 11) is 0. The Morgan fingerprint density at radius 2 is 1.32 bits per heavy atom. The molecule has 3 rings (SSSR count). The van der Waals surface area contributed by atoms with Gasteiger partial charge in [-0.15, -0.1) is 34.0 Å². The average molecular weight is 411 g/mol. The van der Waals surface area contributed by atoms with Gasteiger partial charge in [0.1, 0.15) is 0 Å². The van der Waals surface area contributed by atoms with Gasteiger partial charge < -0.3 is 0 Å². The van der Waals surface area contributed by atoms with Crippen molar-refractivity contribution in [3.63, 3.8) is 0 Å². The zero-order valence-electron chi connectivity index (χ0n) is 13.1. The number of hydrogen-bond acceptors (Lipinski definition) is 3. The van der Waals surface area contributed by atoms with E-state index in [1.165, 1.54) is 35.1 Å². The van der Waals surface area contributed by atoms with Gasteiger partial charge in [-0.25, -0.2) is 0 Å². The van der Waals surface area contributed by atoms with Crippen LogP contribution in [-0.4, -0.2) is 0 Å². The van der Waals surface area contributed by atoms with Gasteiger partial charge in [-0.05, 0) is 67.9 Å². The maximum Gasteiger partial charge on any atom is 0.0591 e. The van der Waals surface area contributed by atoms with Crippen molar-refractivity contribution in [1.29, 1.82) is 0 Å². The highest BCUT2D eigenvalue weighted by atomic mass is 79.9. The van der Waals surface area contributed by atoms with Gasteiger partial charge >= 0.3 is 0 Å². The van der Waals surface area contributed by atoms with E-state index in [4.69, 9.17) is 0 Å². The minimum Gasteiger partial charge on any atom is -0.143 e. The van der Waals surface area contributed by atoms with Crippen molar-refractivity contribution < 1.29 is 0 Å². The lowest BCUT2D eigenvalue weighted by Gasteiger charge is -1.98. The van der Waals surface area contributed by atoms with Crippen molar-refractivity contribution in [2.24, 2.45) is 0 Å². The summed E-state index contributed by atoms with van der Waals surface area (Å²) in [4.78, 5) is 5.46. The van der Waals surface area contributed by atoms with E-state index in [9.17, 15) is 0 Å². The lowest BCUT2D eigenvalue weighted by Crippen LogP contribution is -1.80. The molecule has 0 saturated heterocycles. The lowest BCUT2D eigenvalue weighted by molar-refractivity contribution is 0.872. The van der Waals surface area contributed by atoms with Crippen molar-refractivity contribution in [3.05, 3.63) is 44.6 Å². The van der Waals surface area contributed by atoms with E-state index in [1.807, 2.05) is 34.0 Å². The Kier molecular flexibility index (Phi) is 4.93. The molecule has 0 unspecified atom stereocenters. The Bertz CT molecular complexity index is 774. The molecule has 0 aromatic carbocycles. The Morgan fingerprint density at radius 1 is 0.773 bits per heavy atom. The fraction of sp³-hybridized carbons (Fsp3) is 0.333. The van der Waals surface area contributed by atoms with Crippen molar-refractivity contribution in [3.8, 4) is 19.5 Å². The summed E-state index contributed by atoms with van der Waals surface area (Å²) in [5.41, 5.74) is 2.87. The predicted octanol–water partition coefficient (Wildman–Crippen LogP) is 8.21. The molecule has 0 nitrogen and oxygen atoms in total. The van der Waals surface area contributed by atoms with Crippen LogP contribution in [0.25, 0.3) is 19.5 Å². The Labute approximate surface area is 153 Å². The highest BCUT2D eigenvalue weighted by molar-refractivity contribution is 9.10. The molecule has 3 aromatic rings. The molecule has 0 radical (unpaired) electrons. The number of rotatable bonds is 4. The first kappa shape index (κ1) is 16.4. The Hall–Kier alpha value is -0.420. The van der Waals surface area contributed by atoms with E-state index in [-0.39, 0.29) is 0 Å². The van der Waals surface area contributed by atoms with Crippen LogP contribution in [0.4, 0.5) is 0 Å². The quantitative estimate of drug-likeness (QED) is 0.406. The zero-order chi connectivity index (χ0) is 15.9. The SMILES string of the molecule is CC(C)c1csc(-c2cc(Br)c(-c3cc(C(C)C)cs3)s2)c1. The number of hydrogen-bond donors (Lipinski definition) is 0. The summed E-state index contributed by atoms with van der Waals surface area (Å²) >= 11 is 9.34. The Balaban J connectivity index is 1.95. The van der Waals surface area contributed by atoms with Crippen LogP contribution in [0.15, 0.2) is 33.4 Å². The number of halogens is 1. The van der Waals surface area contributed by atoms with Crippen LogP contribution in [0.5, 0.6) is 0 Å². The largest absolute Gasteiger partial charge is 0.143 e. The van der Waals surface area contributed by atoms with Crippen LogP contribution in [0.3, 0.4) is 0 Å². The molecule has 116 valence electrons. The van der Waals surface area contributed by atoms with E-state index in [1.54, 1.807) is 0 Å². The highest BCUT2D eigenvalue weighted by Gasteiger charge is 2.15. The normalized spacial score (nSPS) is 11.8. The van der Waals surface area contributed by atoms with Gasteiger partial charge in [-0.3, -0.25) is 0 Å². The molecule has 0 bridgehead atoms. The third kappa shape index (κ3) is 3.25. The molecule has 0 aliphatic heterocycles. The van der Waals surface area contributed by atoms with E-state index < -0.39 is 0 Å². The van der Waals surface area contributed by atoms with Gasteiger partial charge in [-0.2, -0.15) is 0 Å². The second-order valence-corrected chi connectivity index (χ2v) is 9.81. The minimum absolute atomic E-state index is 0.592. The monoisotopic (exact) mass is 410 g/mol. The minimum atomic E-state index is 0.592. The van der Waals surface area contributed by atoms with Gasteiger partial charge in [-0.1, -0.05) is 27.7 Å². The second kappa shape index (κ2) is 6.60. The molecular weight excluding hydrogens is 392 g/mol. The van der Waals surface area contributed by atoms with Gasteiger partial charge in [0.25, 0.3) is 0 Å². The average Bonchev–Trinajstić information content (AvgIpc) is 3.16. The van der Waals surface area contributed by atoms with Crippen LogP contribution in [-0.2, 0) is 0 Å². The molecule has 0 amide bonds. The first-order chi connectivity index (χ1) is 10.5. The third-order valence-corrected chi connectivity index (χ3v) is 8.02. The van der Waals surface area contributed by atoms with Crippen molar-refractivity contribution in [2.45, 2.75) is 39.5 Å². The maximum atomic E-state index is 3.75. The first-order valence-corrected chi connectivity index (χ1v) is 10.8. The molecule has 0 N–H and O–H groups in total. The first-order valence-electron chi connectivity index (χ1n) is 7.42. The lowest BCUT2D eigenvalue weighted by atomic mass is 10.1. The van der Waals surface area contributed by atoms with E-state index in [2.05, 4.69) is 72.6 Å². The summed E-state index contributed by atoms with van der Waals surface area (Å²) in [5.74, 6) is 1.19. The van der Waals surface area contributed by atoms with Crippen LogP contribution in [0, 0.1) is 0 Å². The Morgan fingerprint density at radius 3 is 1.86 bits per heavy atom. The van der Waals surface area contributed by atoms with Gasteiger partial charge in [0.2, 0.25) is 0 Å². The second-order valence-electron chi connectivity index (χ2n) is 6.09. The van der Waals surface area contributed by atoms with Gasteiger partial charge in [0.15, 0.2) is 0 Å². The van der Waals surface area contributed by atoms with Gasteiger partial charge in [0.05, 0.1) is 4.88 Å². The van der Waals surface area contributed by atoms with Gasteiger partial charge in [0, 0.05) is 19.1 Å². The van der Waals surface area contributed by atoms with E-state index >= 15 is 0 Å². The summed E-state index contributed by atoms with van der Waals surface area (Å²) < 4.78 is 1.21. The summed E-state index contributed by atoms with van der Waals surface area (Å²) in [6.45, 7) is 9.00. The summed E-state index contributed by atoms with van der Waals surface area (Å²) in [6.07, 6.45) is 0. The van der Waals surface area contributed by atoms with Crippen molar-refractivity contribution in [1.82, 2.24) is 0 Å². The molecule has 3 heterocycles. The zero-order valence-corrected chi connectivity index (χ0v) is 17.2. The highest BCUT2D eigenvalue weighted by Crippen LogP contribution is 2.45. The molecule has 0 atom stereocenters. The summed E-state index contributed by atoms with van der Waals surface area (Å²) in [5, 5.41) is 4.57. The fourth-order valence-corrected chi connectivity index (χ4v) is 6.60. The van der Waals surface area contributed by atoms with Crippen molar-refractivity contribution in [2.75, 3.05) is 0 Å². The van der Waals surface area contributed by atoms with E-state index in [0.717, 1.165) is 0 Å². The van der Waals surface area contributed by atoms with Crippen molar-refractivity contribution >= 4 is 49.9 Å². The molecule has 0 fully saturated rings. The van der Waals surface area contributed by atoms with E-state index in [0.29, 0.717) is 11.8 Å². The molecule has 0 saturated carbocycles. The standard InChI is InChI=1S/C18H19BrS3/c1-10(2)12-5-15(20-8-12)16-7-14(19)18(22-16)17-6-13(9-21-17)11(3)4/h5-11H,1-4H3. The fourth-order valence-electron chi connectivity index (χ4n) is 2.21. The predicted molar refractivity (Wildman–Crippen MR) is 107 cm³/mol. The molecule has 4 heteroatoms.